The molecule has 116 valence electrons. The summed E-state index contributed by atoms with van der Waals surface area (Å²) in [6.45, 7) is 7.28. The van der Waals surface area contributed by atoms with Crippen LogP contribution in [0.2, 0.25) is 0 Å². The maximum atomic E-state index is 12.1. The van der Waals surface area contributed by atoms with Crippen LogP contribution in [0.15, 0.2) is 18.2 Å². The number of aryl methyl sites for hydroxylation is 1. The van der Waals surface area contributed by atoms with E-state index in [0.29, 0.717) is 24.5 Å². The van der Waals surface area contributed by atoms with Crippen molar-refractivity contribution >= 4 is 23.2 Å². The number of nitrogens with two attached hydrogens (primary N) is 1. The predicted octanol–water partition coefficient (Wildman–Crippen LogP) is 0.974. The molecule has 6 nitrogen and oxygen atoms in total. The summed E-state index contributed by atoms with van der Waals surface area (Å²) in [6, 6.07) is 5.38. The highest BCUT2D eigenvalue weighted by Crippen LogP contribution is 2.17. The van der Waals surface area contributed by atoms with Gasteiger partial charge in [-0.3, -0.25) is 14.5 Å². The molecule has 0 aliphatic rings. The number of rotatable bonds is 7. The Kier molecular flexibility index (Phi) is 6.68. The minimum absolute atomic E-state index is 0.0766. The number of amides is 2. The van der Waals surface area contributed by atoms with Crippen molar-refractivity contribution in [3.8, 4) is 0 Å². The second kappa shape index (κ2) is 8.26. The third kappa shape index (κ3) is 5.83. The summed E-state index contributed by atoms with van der Waals surface area (Å²) >= 11 is 0. The lowest BCUT2D eigenvalue weighted by molar-refractivity contribution is -0.123. The maximum Gasteiger partial charge on any atom is 0.238 e. The number of anilines is 2. The number of nitrogen functional groups attached to an aromatic ring is 1. The minimum atomic E-state index is -0.158. The third-order valence-corrected chi connectivity index (χ3v) is 3.09. The lowest BCUT2D eigenvalue weighted by Gasteiger charge is -2.19. The van der Waals surface area contributed by atoms with Crippen LogP contribution in [0, 0.1) is 6.92 Å². The molecule has 0 bridgehead atoms. The fourth-order valence-corrected chi connectivity index (χ4v) is 1.90. The van der Waals surface area contributed by atoms with Crippen LogP contribution in [0.1, 0.15) is 19.4 Å². The molecule has 0 aromatic heterocycles. The van der Waals surface area contributed by atoms with Crippen LogP contribution in [0.5, 0.6) is 0 Å². The summed E-state index contributed by atoms with van der Waals surface area (Å²) in [5.41, 5.74) is 7.97. The first-order valence-electron chi connectivity index (χ1n) is 7.11. The molecule has 0 atom stereocenters. The van der Waals surface area contributed by atoms with E-state index in [1.165, 1.54) is 0 Å². The van der Waals surface area contributed by atoms with Gasteiger partial charge in [-0.05, 0) is 38.1 Å². The van der Waals surface area contributed by atoms with Gasteiger partial charge in [0.05, 0.1) is 13.1 Å². The number of hydrogen-bond donors (Lipinski definition) is 3. The van der Waals surface area contributed by atoms with E-state index >= 15 is 0 Å². The Morgan fingerprint density at radius 2 is 1.86 bits per heavy atom. The number of benzene rings is 1. The Labute approximate surface area is 125 Å². The van der Waals surface area contributed by atoms with Crippen LogP contribution >= 0.6 is 0 Å². The number of likely N-dealkylation sites (N-methyl/N-ethyl adjacent to an activating group) is 2. The molecule has 4 N–H and O–H groups in total. The molecule has 0 fully saturated rings. The molecule has 0 aliphatic carbocycles. The number of carbonyl (C=O) groups excluding carboxylic acids is 2. The van der Waals surface area contributed by atoms with Crippen LogP contribution in [-0.2, 0) is 9.59 Å². The molecular weight excluding hydrogens is 268 g/mol. The van der Waals surface area contributed by atoms with E-state index in [0.717, 1.165) is 5.56 Å². The van der Waals surface area contributed by atoms with Gasteiger partial charge in [-0.25, -0.2) is 0 Å². The van der Waals surface area contributed by atoms with Gasteiger partial charge in [0.15, 0.2) is 0 Å². The average Bonchev–Trinajstić information content (AvgIpc) is 2.42. The fourth-order valence-electron chi connectivity index (χ4n) is 1.90. The van der Waals surface area contributed by atoms with E-state index in [1.807, 2.05) is 26.8 Å². The second-order valence-corrected chi connectivity index (χ2v) is 4.88. The molecule has 0 saturated carbocycles. The van der Waals surface area contributed by atoms with Gasteiger partial charge in [0, 0.05) is 17.9 Å². The van der Waals surface area contributed by atoms with Crippen molar-refractivity contribution in [2.24, 2.45) is 0 Å². The first kappa shape index (κ1) is 17.0. The molecular formula is C15H24N4O2. The zero-order valence-electron chi connectivity index (χ0n) is 12.9. The largest absolute Gasteiger partial charge is 0.399 e. The van der Waals surface area contributed by atoms with Crippen molar-refractivity contribution in [3.05, 3.63) is 23.8 Å². The van der Waals surface area contributed by atoms with E-state index in [1.54, 1.807) is 17.0 Å². The summed E-state index contributed by atoms with van der Waals surface area (Å²) in [6.07, 6.45) is 0. The maximum absolute atomic E-state index is 12.1. The van der Waals surface area contributed by atoms with E-state index in [2.05, 4.69) is 10.6 Å². The third-order valence-electron chi connectivity index (χ3n) is 3.09. The van der Waals surface area contributed by atoms with Gasteiger partial charge in [-0.1, -0.05) is 13.0 Å². The number of hydrogen-bond acceptors (Lipinski definition) is 4. The van der Waals surface area contributed by atoms with Crippen molar-refractivity contribution in [2.75, 3.05) is 37.2 Å². The van der Waals surface area contributed by atoms with Crippen molar-refractivity contribution in [1.29, 1.82) is 0 Å². The number of carbonyl (C=O) groups is 2. The molecule has 0 saturated heterocycles. The Morgan fingerprint density at radius 1 is 1.19 bits per heavy atom. The number of nitrogens with one attached hydrogen (secondary N) is 2. The summed E-state index contributed by atoms with van der Waals surface area (Å²) in [5, 5.41) is 5.55. The normalized spacial score (nSPS) is 10.5. The van der Waals surface area contributed by atoms with E-state index in [-0.39, 0.29) is 24.9 Å². The standard InChI is InChI=1S/C15H24N4O2/c1-4-17-14(20)9-19(5-2)10-15(21)18-13-8-12(16)7-6-11(13)3/h6-8H,4-5,9-10,16H2,1-3H3,(H,17,20)(H,18,21). The lowest BCUT2D eigenvalue weighted by Crippen LogP contribution is -2.41. The zero-order valence-corrected chi connectivity index (χ0v) is 12.9. The molecule has 0 unspecified atom stereocenters. The first-order valence-corrected chi connectivity index (χ1v) is 7.11. The quantitative estimate of drug-likeness (QED) is 0.654. The smallest absolute Gasteiger partial charge is 0.238 e. The van der Waals surface area contributed by atoms with Crippen LogP contribution in [0.4, 0.5) is 11.4 Å². The van der Waals surface area contributed by atoms with Gasteiger partial charge in [-0.15, -0.1) is 0 Å². The summed E-state index contributed by atoms with van der Waals surface area (Å²) in [4.78, 5) is 25.4. The molecule has 0 heterocycles. The molecule has 0 radical (unpaired) electrons. The predicted molar refractivity (Wildman–Crippen MR) is 85.0 cm³/mol. The van der Waals surface area contributed by atoms with E-state index in [9.17, 15) is 9.59 Å². The van der Waals surface area contributed by atoms with Crippen molar-refractivity contribution in [3.63, 3.8) is 0 Å². The monoisotopic (exact) mass is 292 g/mol. The topological polar surface area (TPSA) is 87.5 Å². The molecule has 21 heavy (non-hydrogen) atoms. The van der Waals surface area contributed by atoms with Crippen molar-refractivity contribution < 1.29 is 9.59 Å². The lowest BCUT2D eigenvalue weighted by atomic mass is 10.2. The van der Waals surface area contributed by atoms with Gasteiger partial charge >= 0.3 is 0 Å². The first-order chi connectivity index (χ1) is 9.96. The van der Waals surface area contributed by atoms with Crippen LogP contribution < -0.4 is 16.4 Å². The summed E-state index contributed by atoms with van der Waals surface area (Å²) in [7, 11) is 0. The van der Waals surface area contributed by atoms with Gasteiger partial charge in [0.1, 0.15) is 0 Å². The molecule has 1 aromatic rings. The molecule has 2 amide bonds. The molecule has 1 aromatic carbocycles. The van der Waals surface area contributed by atoms with Gasteiger partial charge in [0.2, 0.25) is 11.8 Å². The van der Waals surface area contributed by atoms with Crippen LogP contribution in [0.3, 0.4) is 0 Å². The zero-order chi connectivity index (χ0) is 15.8. The Balaban J connectivity index is 2.58. The summed E-state index contributed by atoms with van der Waals surface area (Å²) < 4.78 is 0. The molecule has 0 spiro atoms. The SMILES string of the molecule is CCNC(=O)CN(CC)CC(=O)Nc1cc(N)ccc1C. The van der Waals surface area contributed by atoms with E-state index < -0.39 is 0 Å². The number of nitrogens with zero attached hydrogens (tertiary/aromatic N) is 1. The van der Waals surface area contributed by atoms with E-state index in [4.69, 9.17) is 5.73 Å². The average molecular weight is 292 g/mol. The highest BCUT2D eigenvalue weighted by atomic mass is 16.2. The summed E-state index contributed by atoms with van der Waals surface area (Å²) in [5.74, 6) is -0.234. The van der Waals surface area contributed by atoms with Gasteiger partial charge in [0.25, 0.3) is 0 Å². The Hall–Kier alpha value is -2.08. The molecule has 6 heteroatoms. The van der Waals surface area contributed by atoms with Gasteiger partial charge < -0.3 is 16.4 Å². The van der Waals surface area contributed by atoms with Crippen molar-refractivity contribution in [1.82, 2.24) is 10.2 Å². The Morgan fingerprint density at radius 3 is 2.48 bits per heavy atom. The second-order valence-electron chi connectivity index (χ2n) is 4.88. The van der Waals surface area contributed by atoms with Crippen LogP contribution in [-0.4, -0.2) is 42.9 Å². The van der Waals surface area contributed by atoms with Crippen molar-refractivity contribution in [2.45, 2.75) is 20.8 Å². The minimum Gasteiger partial charge on any atom is -0.399 e. The van der Waals surface area contributed by atoms with Gasteiger partial charge in [-0.2, -0.15) is 0 Å². The highest BCUT2D eigenvalue weighted by molar-refractivity contribution is 5.93. The Bertz CT molecular complexity index is 502. The van der Waals surface area contributed by atoms with Crippen LogP contribution in [0.25, 0.3) is 0 Å². The molecule has 1 rings (SSSR count). The fraction of sp³-hybridized carbons (Fsp3) is 0.467. The highest BCUT2D eigenvalue weighted by Gasteiger charge is 2.13. The molecule has 0 aliphatic heterocycles.